The Balaban J connectivity index is 1.73. The van der Waals surface area contributed by atoms with Gasteiger partial charge in [-0.2, -0.15) is 0 Å². The molecule has 0 spiro atoms. The Labute approximate surface area is 231 Å². The van der Waals surface area contributed by atoms with Gasteiger partial charge >= 0.3 is 0 Å². The molecule has 194 valence electrons. The molecule has 1 aliphatic rings. The van der Waals surface area contributed by atoms with Gasteiger partial charge in [-0.3, -0.25) is 9.59 Å². The van der Waals surface area contributed by atoms with Crippen molar-refractivity contribution in [2.45, 2.75) is 48.4 Å². The summed E-state index contributed by atoms with van der Waals surface area (Å²) in [6.07, 6.45) is 0.569. The molecule has 0 radical (unpaired) electrons. The number of nitrogens with two attached hydrogens (primary N) is 1. The molecule has 3 aromatic rings. The maximum absolute atomic E-state index is 13.8. The largest absolute Gasteiger partial charge is 0.352 e. The van der Waals surface area contributed by atoms with Crippen LogP contribution in [0.2, 0.25) is 15.1 Å². The van der Waals surface area contributed by atoms with E-state index in [1.54, 1.807) is 55.5 Å². The molecule has 37 heavy (non-hydrogen) atoms. The van der Waals surface area contributed by atoms with Crippen molar-refractivity contribution in [1.82, 2.24) is 5.32 Å². The van der Waals surface area contributed by atoms with Gasteiger partial charge in [0.25, 0.3) is 0 Å². The molecule has 0 fully saturated rings. The minimum atomic E-state index is -3.89. The van der Waals surface area contributed by atoms with Crippen LogP contribution in [0.25, 0.3) is 0 Å². The summed E-state index contributed by atoms with van der Waals surface area (Å²) < 4.78 is 27.6. The number of rotatable bonds is 7. The molecule has 0 bridgehead atoms. The number of halogens is 3. The first-order valence-corrected chi connectivity index (χ1v) is 14.3. The molecule has 0 aromatic heterocycles. The van der Waals surface area contributed by atoms with Gasteiger partial charge in [0.2, 0.25) is 5.91 Å². The first-order valence-electron chi connectivity index (χ1n) is 11.6. The highest BCUT2D eigenvalue weighted by Crippen LogP contribution is 2.40. The zero-order chi connectivity index (χ0) is 26.9. The van der Waals surface area contributed by atoms with E-state index in [2.05, 4.69) is 5.32 Å². The van der Waals surface area contributed by atoms with Crippen LogP contribution in [0, 0.1) is 0 Å². The Morgan fingerprint density at radius 2 is 1.70 bits per heavy atom. The Hall–Kier alpha value is -2.42. The number of amides is 1. The van der Waals surface area contributed by atoms with E-state index in [-0.39, 0.29) is 45.0 Å². The normalized spacial score (nSPS) is 18.1. The van der Waals surface area contributed by atoms with Crippen molar-refractivity contribution >= 4 is 56.3 Å². The van der Waals surface area contributed by atoms with Crippen molar-refractivity contribution in [2.75, 3.05) is 0 Å². The van der Waals surface area contributed by atoms with Crippen LogP contribution in [0.3, 0.4) is 0 Å². The number of carbonyl (C=O) groups is 2. The summed E-state index contributed by atoms with van der Waals surface area (Å²) in [6.45, 7) is 1.57. The van der Waals surface area contributed by atoms with Crippen LogP contribution >= 0.6 is 34.8 Å². The third kappa shape index (κ3) is 6.02. The van der Waals surface area contributed by atoms with Crippen LogP contribution in [0.1, 0.15) is 45.6 Å². The van der Waals surface area contributed by atoms with Crippen LogP contribution in [0.15, 0.2) is 65.6 Å². The fraction of sp³-hybridized carbons (Fsp3) is 0.259. The van der Waals surface area contributed by atoms with Crippen molar-refractivity contribution in [3.8, 4) is 0 Å². The maximum atomic E-state index is 13.8. The molecule has 4 rings (SSSR count). The molecule has 0 aliphatic heterocycles. The summed E-state index contributed by atoms with van der Waals surface area (Å²) in [5.41, 5.74) is 7.92. The zero-order valence-corrected chi connectivity index (χ0v) is 23.0. The second-order valence-corrected chi connectivity index (χ2v) is 12.5. The highest BCUT2D eigenvalue weighted by Gasteiger charge is 2.38. The molecular weight excluding hydrogens is 555 g/mol. The highest BCUT2D eigenvalue weighted by molar-refractivity contribution is 7.91. The number of hydrogen-bond donors (Lipinski definition) is 2. The monoisotopic (exact) mass is 578 g/mol. The molecule has 3 atom stereocenters. The lowest BCUT2D eigenvalue weighted by Gasteiger charge is -2.32. The molecule has 0 saturated heterocycles. The van der Waals surface area contributed by atoms with Crippen molar-refractivity contribution in [2.24, 2.45) is 5.73 Å². The summed E-state index contributed by atoms with van der Waals surface area (Å²) in [7, 11) is -3.89. The van der Waals surface area contributed by atoms with E-state index in [1.807, 2.05) is 0 Å². The minimum Gasteiger partial charge on any atom is -0.352 e. The standard InChI is InChI=1S/C27H25Cl3N2O4S/c1-15(31)27(34)32-19-12-17-9-8-16(11-24(33)26-22(29)6-3-7-23(26)30)10-21(17)25(14-19)37(35,36)20-5-2-4-18(28)13-20/h2-10,13,15,19,25H,11-12,14,31H2,1H3,(H,32,34)/t15-,19-,25?/m1/s1. The van der Waals surface area contributed by atoms with Gasteiger partial charge in [0.15, 0.2) is 15.6 Å². The van der Waals surface area contributed by atoms with Gasteiger partial charge in [-0.15, -0.1) is 0 Å². The summed E-state index contributed by atoms with van der Waals surface area (Å²) >= 11 is 18.5. The average Bonchev–Trinajstić information content (AvgIpc) is 2.83. The number of nitrogens with one attached hydrogen (secondary N) is 1. The van der Waals surface area contributed by atoms with E-state index in [4.69, 9.17) is 40.5 Å². The third-order valence-corrected chi connectivity index (χ3v) is 9.36. The van der Waals surface area contributed by atoms with E-state index in [1.165, 1.54) is 12.1 Å². The summed E-state index contributed by atoms with van der Waals surface area (Å²) in [4.78, 5) is 25.4. The van der Waals surface area contributed by atoms with Gasteiger partial charge in [-0.05, 0) is 66.8 Å². The molecule has 3 N–H and O–H groups in total. The van der Waals surface area contributed by atoms with E-state index in [9.17, 15) is 18.0 Å². The van der Waals surface area contributed by atoms with E-state index in [0.29, 0.717) is 22.6 Å². The molecule has 1 unspecified atom stereocenters. The second-order valence-electron chi connectivity index (χ2n) is 9.15. The smallest absolute Gasteiger partial charge is 0.236 e. The first-order chi connectivity index (χ1) is 17.5. The van der Waals surface area contributed by atoms with E-state index in [0.717, 1.165) is 5.56 Å². The molecule has 1 amide bonds. The fourth-order valence-electron chi connectivity index (χ4n) is 4.56. The van der Waals surface area contributed by atoms with Gasteiger partial charge in [0.05, 0.1) is 31.8 Å². The van der Waals surface area contributed by atoms with Crippen LogP contribution in [0.5, 0.6) is 0 Å². The molecule has 3 aromatic carbocycles. The summed E-state index contributed by atoms with van der Waals surface area (Å²) in [5, 5.41) is 2.71. The molecule has 0 heterocycles. The zero-order valence-electron chi connectivity index (χ0n) is 19.9. The SMILES string of the molecule is C[C@@H](N)C(=O)N[C@@H]1Cc2ccc(CC(=O)c3c(Cl)cccc3Cl)cc2C(S(=O)(=O)c2cccc(Cl)c2)C1. The lowest BCUT2D eigenvalue weighted by atomic mass is 9.86. The van der Waals surface area contributed by atoms with Crippen molar-refractivity contribution in [1.29, 1.82) is 0 Å². The minimum absolute atomic E-state index is 0.00841. The molecule has 0 saturated carbocycles. The van der Waals surface area contributed by atoms with Crippen molar-refractivity contribution in [3.63, 3.8) is 0 Å². The summed E-state index contributed by atoms with van der Waals surface area (Å²) in [5.74, 6) is -0.631. The lowest BCUT2D eigenvalue weighted by molar-refractivity contribution is -0.122. The lowest BCUT2D eigenvalue weighted by Crippen LogP contribution is -2.47. The van der Waals surface area contributed by atoms with Crippen LogP contribution in [-0.4, -0.2) is 32.2 Å². The quantitative estimate of drug-likeness (QED) is 0.366. The first kappa shape index (κ1) is 27.6. The molecule has 10 heteroatoms. The topological polar surface area (TPSA) is 106 Å². The average molecular weight is 580 g/mol. The highest BCUT2D eigenvalue weighted by atomic mass is 35.5. The van der Waals surface area contributed by atoms with E-state index < -0.39 is 27.2 Å². The number of ketones is 1. The molecular formula is C27H25Cl3N2O4S. The number of fused-ring (bicyclic) bond motifs is 1. The van der Waals surface area contributed by atoms with Gasteiger partial charge in [0.1, 0.15) is 0 Å². The Kier molecular flexibility index (Phi) is 8.31. The Morgan fingerprint density at radius 3 is 2.35 bits per heavy atom. The van der Waals surface area contributed by atoms with Crippen LogP contribution < -0.4 is 11.1 Å². The van der Waals surface area contributed by atoms with Gasteiger partial charge in [-0.25, -0.2) is 8.42 Å². The van der Waals surface area contributed by atoms with Gasteiger partial charge in [-0.1, -0.05) is 65.1 Å². The fourth-order valence-corrected chi connectivity index (χ4v) is 7.35. The number of carbonyl (C=O) groups excluding carboxylic acids is 2. The predicted octanol–water partition coefficient (Wildman–Crippen LogP) is 5.37. The van der Waals surface area contributed by atoms with Crippen LogP contribution in [-0.2, 0) is 27.5 Å². The maximum Gasteiger partial charge on any atom is 0.236 e. The second kappa shape index (κ2) is 11.1. The predicted molar refractivity (Wildman–Crippen MR) is 146 cm³/mol. The molecule has 6 nitrogen and oxygen atoms in total. The van der Waals surface area contributed by atoms with Crippen molar-refractivity contribution < 1.29 is 18.0 Å². The van der Waals surface area contributed by atoms with Crippen LogP contribution in [0.4, 0.5) is 0 Å². The Morgan fingerprint density at radius 1 is 1.03 bits per heavy atom. The van der Waals surface area contributed by atoms with Crippen molar-refractivity contribution in [3.05, 3.63) is 98.0 Å². The number of hydrogen-bond acceptors (Lipinski definition) is 5. The number of benzene rings is 3. The van der Waals surface area contributed by atoms with Gasteiger partial charge < -0.3 is 11.1 Å². The molecule has 1 aliphatic carbocycles. The number of Topliss-reactive ketones (excluding diaryl/α,β-unsaturated/α-hetero) is 1. The third-order valence-electron chi connectivity index (χ3n) is 6.39. The van der Waals surface area contributed by atoms with E-state index >= 15 is 0 Å². The van der Waals surface area contributed by atoms with Gasteiger partial charge in [0, 0.05) is 17.5 Å². The number of sulfone groups is 1. The summed E-state index contributed by atoms with van der Waals surface area (Å²) in [6, 6.07) is 15.1. The Bertz CT molecular complexity index is 1450.